The van der Waals surface area contributed by atoms with Gasteiger partial charge < -0.3 is 15.5 Å². The van der Waals surface area contributed by atoms with Gasteiger partial charge in [-0.15, -0.1) is 0 Å². The third-order valence-corrected chi connectivity index (χ3v) is 4.25. The maximum Gasteiger partial charge on any atom is 0.255 e. The topological polar surface area (TPSA) is 61.4 Å². The molecule has 0 radical (unpaired) electrons. The van der Waals surface area contributed by atoms with Crippen molar-refractivity contribution in [2.24, 2.45) is 0 Å². The molecule has 5 nitrogen and oxygen atoms in total. The molecule has 0 aliphatic carbocycles. The number of nitrogens with zero attached hydrogens (tertiary/aromatic N) is 1. The van der Waals surface area contributed by atoms with Crippen LogP contribution in [0.2, 0.25) is 0 Å². The van der Waals surface area contributed by atoms with Crippen LogP contribution in [-0.4, -0.2) is 30.4 Å². The van der Waals surface area contributed by atoms with Gasteiger partial charge in [0.15, 0.2) is 0 Å². The SMILES string of the molecule is CCN(c1ccc(C(=O)Nc2ccc(C(=O)NC(C)C)cc2)cc1)C(C)C. The lowest BCUT2D eigenvalue weighted by Gasteiger charge is -2.27. The molecule has 27 heavy (non-hydrogen) atoms. The Morgan fingerprint density at radius 3 is 1.85 bits per heavy atom. The van der Waals surface area contributed by atoms with E-state index in [1.807, 2.05) is 38.1 Å². The van der Waals surface area contributed by atoms with Crippen LogP contribution >= 0.6 is 0 Å². The molecule has 2 rings (SSSR count). The molecule has 0 saturated carbocycles. The lowest BCUT2D eigenvalue weighted by atomic mass is 10.1. The van der Waals surface area contributed by atoms with E-state index in [-0.39, 0.29) is 17.9 Å². The number of nitrogens with one attached hydrogen (secondary N) is 2. The Morgan fingerprint density at radius 1 is 0.852 bits per heavy atom. The normalized spacial score (nSPS) is 10.8. The van der Waals surface area contributed by atoms with Crippen molar-refractivity contribution in [1.29, 1.82) is 0 Å². The first-order valence-corrected chi connectivity index (χ1v) is 9.40. The second-order valence-corrected chi connectivity index (χ2v) is 7.09. The molecule has 2 N–H and O–H groups in total. The summed E-state index contributed by atoms with van der Waals surface area (Å²) >= 11 is 0. The van der Waals surface area contributed by atoms with Gasteiger partial charge in [0.2, 0.25) is 0 Å². The van der Waals surface area contributed by atoms with Crippen molar-refractivity contribution in [3.8, 4) is 0 Å². The number of carbonyl (C=O) groups is 2. The van der Waals surface area contributed by atoms with E-state index >= 15 is 0 Å². The van der Waals surface area contributed by atoms with E-state index in [1.54, 1.807) is 24.3 Å². The molecule has 5 heteroatoms. The van der Waals surface area contributed by atoms with Crippen molar-refractivity contribution in [3.63, 3.8) is 0 Å². The second kappa shape index (κ2) is 9.21. The van der Waals surface area contributed by atoms with Gasteiger partial charge in [-0.25, -0.2) is 0 Å². The van der Waals surface area contributed by atoms with E-state index < -0.39 is 0 Å². The van der Waals surface area contributed by atoms with Crippen LogP contribution in [0.1, 0.15) is 55.3 Å². The predicted octanol–water partition coefficient (Wildman–Crippen LogP) is 4.31. The van der Waals surface area contributed by atoms with Crippen LogP contribution in [0.3, 0.4) is 0 Å². The molecule has 2 aromatic carbocycles. The molecule has 0 saturated heterocycles. The van der Waals surface area contributed by atoms with Gasteiger partial charge in [0.25, 0.3) is 11.8 Å². The monoisotopic (exact) mass is 367 g/mol. The first kappa shape index (κ1) is 20.5. The Hall–Kier alpha value is -2.82. The standard InChI is InChI=1S/C22H29N3O2/c1-6-25(16(4)5)20-13-9-18(10-14-20)22(27)24-19-11-7-17(8-12-19)21(26)23-15(2)3/h7-16H,6H2,1-5H3,(H,23,26)(H,24,27). The fraction of sp³-hybridized carbons (Fsp3) is 0.364. The van der Waals surface area contributed by atoms with Crippen molar-refractivity contribution in [3.05, 3.63) is 59.7 Å². The second-order valence-electron chi connectivity index (χ2n) is 7.09. The molecule has 0 atom stereocenters. The highest BCUT2D eigenvalue weighted by Gasteiger charge is 2.11. The van der Waals surface area contributed by atoms with E-state index in [2.05, 4.69) is 36.3 Å². The van der Waals surface area contributed by atoms with Crippen molar-refractivity contribution >= 4 is 23.2 Å². The zero-order valence-electron chi connectivity index (χ0n) is 16.7. The molecule has 2 amide bonds. The molecule has 0 spiro atoms. The van der Waals surface area contributed by atoms with E-state index in [4.69, 9.17) is 0 Å². The first-order valence-electron chi connectivity index (χ1n) is 9.40. The van der Waals surface area contributed by atoms with E-state index in [9.17, 15) is 9.59 Å². The van der Waals surface area contributed by atoms with Gasteiger partial charge in [-0.1, -0.05) is 0 Å². The number of benzene rings is 2. The summed E-state index contributed by atoms with van der Waals surface area (Å²) in [5, 5.41) is 5.71. The van der Waals surface area contributed by atoms with Crippen molar-refractivity contribution in [2.75, 3.05) is 16.8 Å². The van der Waals surface area contributed by atoms with Crippen LogP contribution < -0.4 is 15.5 Å². The minimum atomic E-state index is -0.173. The van der Waals surface area contributed by atoms with E-state index in [0.717, 1.165) is 12.2 Å². The fourth-order valence-electron chi connectivity index (χ4n) is 2.90. The van der Waals surface area contributed by atoms with Gasteiger partial charge in [-0.05, 0) is 83.1 Å². The van der Waals surface area contributed by atoms with Crippen molar-refractivity contribution in [1.82, 2.24) is 5.32 Å². The molecule has 2 aromatic rings. The smallest absolute Gasteiger partial charge is 0.255 e. The predicted molar refractivity (Wildman–Crippen MR) is 112 cm³/mol. The summed E-state index contributed by atoms with van der Waals surface area (Å²) in [5.74, 6) is -0.294. The largest absolute Gasteiger partial charge is 0.369 e. The summed E-state index contributed by atoms with van der Waals surface area (Å²) < 4.78 is 0. The Bertz CT molecular complexity index is 765. The molecule has 0 aromatic heterocycles. The van der Waals surface area contributed by atoms with Gasteiger partial charge in [0.1, 0.15) is 0 Å². The highest BCUT2D eigenvalue weighted by Crippen LogP contribution is 2.19. The molecule has 144 valence electrons. The summed E-state index contributed by atoms with van der Waals surface area (Å²) in [5.41, 5.74) is 2.92. The third kappa shape index (κ3) is 5.58. The Labute approximate surface area is 161 Å². The van der Waals surface area contributed by atoms with E-state index in [1.165, 1.54) is 0 Å². The molecule has 0 fully saturated rings. The Balaban J connectivity index is 2.03. The quantitative estimate of drug-likeness (QED) is 0.766. The third-order valence-electron chi connectivity index (χ3n) is 4.25. The molecule has 0 aliphatic rings. The van der Waals surface area contributed by atoms with Crippen LogP contribution in [0.5, 0.6) is 0 Å². The molecule has 0 aliphatic heterocycles. The number of hydrogen-bond donors (Lipinski definition) is 2. The number of rotatable bonds is 7. The lowest BCUT2D eigenvalue weighted by Crippen LogP contribution is -2.30. The minimum absolute atomic E-state index is 0.0826. The van der Waals surface area contributed by atoms with Crippen LogP contribution in [-0.2, 0) is 0 Å². The minimum Gasteiger partial charge on any atom is -0.369 e. The van der Waals surface area contributed by atoms with Crippen LogP contribution in [0.25, 0.3) is 0 Å². The lowest BCUT2D eigenvalue weighted by molar-refractivity contribution is 0.0942. The summed E-state index contributed by atoms with van der Waals surface area (Å²) in [7, 11) is 0. The number of carbonyl (C=O) groups excluding carboxylic acids is 2. The highest BCUT2D eigenvalue weighted by atomic mass is 16.2. The average Bonchev–Trinajstić information content (AvgIpc) is 2.62. The Kier molecular flexibility index (Phi) is 6.99. The van der Waals surface area contributed by atoms with Crippen molar-refractivity contribution in [2.45, 2.75) is 46.7 Å². The molecular formula is C22H29N3O2. The van der Waals surface area contributed by atoms with Crippen LogP contribution in [0.4, 0.5) is 11.4 Å². The number of amides is 2. The first-order chi connectivity index (χ1) is 12.8. The van der Waals surface area contributed by atoms with Crippen molar-refractivity contribution < 1.29 is 9.59 Å². The molecule has 0 heterocycles. The summed E-state index contributed by atoms with van der Waals surface area (Å²) in [6.45, 7) is 11.2. The summed E-state index contributed by atoms with van der Waals surface area (Å²) in [4.78, 5) is 26.7. The number of hydrogen-bond acceptors (Lipinski definition) is 3. The summed E-state index contributed by atoms with van der Waals surface area (Å²) in [6.07, 6.45) is 0. The molecular weight excluding hydrogens is 338 g/mol. The molecule has 0 unspecified atom stereocenters. The van der Waals surface area contributed by atoms with Gasteiger partial charge in [0.05, 0.1) is 0 Å². The van der Waals surface area contributed by atoms with Gasteiger partial charge >= 0.3 is 0 Å². The fourth-order valence-corrected chi connectivity index (χ4v) is 2.90. The Morgan fingerprint density at radius 2 is 1.37 bits per heavy atom. The average molecular weight is 367 g/mol. The van der Waals surface area contributed by atoms with Crippen LogP contribution in [0, 0.1) is 0 Å². The van der Waals surface area contributed by atoms with Gasteiger partial charge in [-0.3, -0.25) is 9.59 Å². The van der Waals surface area contributed by atoms with Gasteiger partial charge in [0, 0.05) is 41.1 Å². The number of anilines is 2. The highest BCUT2D eigenvalue weighted by molar-refractivity contribution is 6.04. The van der Waals surface area contributed by atoms with Crippen LogP contribution in [0.15, 0.2) is 48.5 Å². The maximum atomic E-state index is 12.5. The maximum absolute atomic E-state index is 12.5. The summed E-state index contributed by atoms with van der Waals surface area (Å²) in [6, 6.07) is 15.0. The van der Waals surface area contributed by atoms with E-state index in [0.29, 0.717) is 22.9 Å². The molecule has 0 bridgehead atoms. The van der Waals surface area contributed by atoms with Gasteiger partial charge in [-0.2, -0.15) is 0 Å². The zero-order valence-corrected chi connectivity index (χ0v) is 16.7. The zero-order chi connectivity index (χ0) is 20.0.